The first kappa shape index (κ1) is 12.4. The summed E-state index contributed by atoms with van der Waals surface area (Å²) < 4.78 is 15.8. The Kier molecular flexibility index (Phi) is 4.98. The van der Waals surface area contributed by atoms with E-state index in [0.29, 0.717) is 16.5 Å². The molecule has 84 valence electrons. The van der Waals surface area contributed by atoms with E-state index >= 15 is 0 Å². The lowest BCUT2D eigenvalue weighted by atomic mass is 10.1. The fraction of sp³-hybridized carbons (Fsp3) is 0.500. The third-order valence-corrected chi connectivity index (χ3v) is 4.02. The third-order valence-electron chi connectivity index (χ3n) is 1.79. The van der Waals surface area contributed by atoms with E-state index in [1.165, 1.54) is 11.3 Å². The Morgan fingerprint density at radius 3 is 2.87 bits per heavy atom. The SMILES string of the molecule is CC(C)CCC(=O)N=[S-](=O)c1cccs1. The van der Waals surface area contributed by atoms with Crippen LogP contribution >= 0.6 is 11.3 Å². The Bertz CT molecular complexity index is 390. The van der Waals surface area contributed by atoms with Crippen molar-refractivity contribution in [3.8, 4) is 0 Å². The lowest BCUT2D eigenvalue weighted by Crippen LogP contribution is -1.97. The molecule has 0 bridgehead atoms. The zero-order chi connectivity index (χ0) is 11.3. The van der Waals surface area contributed by atoms with Crippen LogP contribution in [0.4, 0.5) is 0 Å². The van der Waals surface area contributed by atoms with Gasteiger partial charge in [0.05, 0.1) is 0 Å². The number of carbonyl (C=O) groups excluding carboxylic acids is 1. The summed E-state index contributed by atoms with van der Waals surface area (Å²) in [6.45, 7) is 4.09. The molecule has 1 heterocycles. The van der Waals surface area contributed by atoms with Gasteiger partial charge >= 0.3 is 0 Å². The normalized spacial score (nSPS) is 13.3. The molecule has 0 spiro atoms. The fourth-order valence-corrected chi connectivity index (χ4v) is 2.58. The molecule has 0 saturated carbocycles. The van der Waals surface area contributed by atoms with Gasteiger partial charge < -0.3 is 8.57 Å². The van der Waals surface area contributed by atoms with Gasteiger partial charge in [0.2, 0.25) is 5.91 Å². The van der Waals surface area contributed by atoms with Crippen molar-refractivity contribution < 1.29 is 9.00 Å². The summed E-state index contributed by atoms with van der Waals surface area (Å²) in [6, 6.07) is 3.52. The van der Waals surface area contributed by atoms with Gasteiger partial charge in [0, 0.05) is 6.42 Å². The highest BCUT2D eigenvalue weighted by Crippen LogP contribution is 2.12. The highest BCUT2D eigenvalue weighted by molar-refractivity contribution is 7.77. The number of hydrogen-bond donors (Lipinski definition) is 0. The average Bonchev–Trinajstić information content (AvgIpc) is 2.67. The predicted molar refractivity (Wildman–Crippen MR) is 62.1 cm³/mol. The second kappa shape index (κ2) is 6.02. The van der Waals surface area contributed by atoms with E-state index in [1.54, 1.807) is 12.1 Å². The first-order valence-corrected chi connectivity index (χ1v) is 6.78. The van der Waals surface area contributed by atoms with Gasteiger partial charge in [-0.1, -0.05) is 26.0 Å². The monoisotopic (exact) mass is 244 g/mol. The van der Waals surface area contributed by atoms with Crippen molar-refractivity contribution in [1.29, 1.82) is 0 Å². The predicted octanol–water partition coefficient (Wildman–Crippen LogP) is 3.22. The number of nitrogens with zero attached hydrogens (tertiary/aromatic N) is 1. The third kappa shape index (κ3) is 4.57. The number of rotatable bonds is 4. The molecule has 1 amide bonds. The Labute approximate surface area is 95.7 Å². The van der Waals surface area contributed by atoms with Crippen LogP contribution in [0.3, 0.4) is 0 Å². The quantitative estimate of drug-likeness (QED) is 0.763. The van der Waals surface area contributed by atoms with Crippen molar-refractivity contribution in [3.05, 3.63) is 17.5 Å². The molecule has 0 aromatic carbocycles. The molecule has 0 radical (unpaired) electrons. The van der Waals surface area contributed by atoms with E-state index in [4.69, 9.17) is 0 Å². The summed E-state index contributed by atoms with van der Waals surface area (Å²) in [5.41, 5.74) is 0. The smallest absolute Gasteiger partial charge is 0.222 e. The Hall–Kier alpha value is -0.680. The second-order valence-electron chi connectivity index (χ2n) is 3.60. The fourth-order valence-electron chi connectivity index (χ4n) is 0.958. The first-order chi connectivity index (χ1) is 7.09. The highest BCUT2D eigenvalue weighted by Gasteiger charge is 1.99. The maximum absolute atomic E-state index is 11.5. The second-order valence-corrected chi connectivity index (χ2v) is 5.93. The standard InChI is InChI=1S/C10H14NO2S2/c1-8(2)5-6-9(12)11-15(13)10-4-3-7-14-10/h3-4,7-8H,5-6H2,1-2H3/q-1. The molecule has 1 aromatic heterocycles. The van der Waals surface area contributed by atoms with E-state index in [0.717, 1.165) is 6.42 Å². The van der Waals surface area contributed by atoms with Crippen molar-refractivity contribution in [2.24, 2.45) is 10.3 Å². The van der Waals surface area contributed by atoms with Gasteiger partial charge in [0.25, 0.3) is 0 Å². The zero-order valence-electron chi connectivity index (χ0n) is 8.80. The Morgan fingerprint density at radius 1 is 1.60 bits per heavy atom. The van der Waals surface area contributed by atoms with Gasteiger partial charge in [-0.25, -0.2) is 0 Å². The molecule has 1 aromatic rings. The molecule has 0 aliphatic heterocycles. The van der Waals surface area contributed by atoms with Crippen molar-refractivity contribution in [3.63, 3.8) is 0 Å². The van der Waals surface area contributed by atoms with Crippen LogP contribution in [0.25, 0.3) is 0 Å². The van der Waals surface area contributed by atoms with Gasteiger partial charge in [0.1, 0.15) is 0 Å². The van der Waals surface area contributed by atoms with Crippen molar-refractivity contribution in [2.45, 2.75) is 30.9 Å². The average molecular weight is 244 g/mol. The van der Waals surface area contributed by atoms with Crippen LogP contribution in [0.2, 0.25) is 0 Å². The minimum atomic E-state index is -1.50. The molecule has 0 aliphatic carbocycles. The molecular formula is C10H14NO2S2-. The van der Waals surface area contributed by atoms with E-state index in [2.05, 4.69) is 4.36 Å². The largest absolute Gasteiger partial charge is 0.439 e. The van der Waals surface area contributed by atoms with E-state index < -0.39 is 10.6 Å². The van der Waals surface area contributed by atoms with Crippen LogP contribution in [0.15, 0.2) is 26.1 Å². The molecule has 15 heavy (non-hydrogen) atoms. The van der Waals surface area contributed by atoms with Crippen molar-refractivity contribution in [1.82, 2.24) is 0 Å². The highest BCUT2D eigenvalue weighted by atomic mass is 32.2. The zero-order valence-corrected chi connectivity index (χ0v) is 10.4. The maximum Gasteiger partial charge on any atom is 0.222 e. The molecule has 0 N–H and O–H groups in total. The number of thiophene rings is 1. The maximum atomic E-state index is 11.5. The number of amides is 1. The Balaban J connectivity index is 2.56. The molecule has 1 rings (SSSR count). The minimum absolute atomic E-state index is 0.268. The molecule has 0 fully saturated rings. The molecular weight excluding hydrogens is 230 g/mol. The molecule has 3 nitrogen and oxygen atoms in total. The molecule has 5 heteroatoms. The Morgan fingerprint density at radius 2 is 2.33 bits per heavy atom. The molecule has 0 saturated heterocycles. The van der Waals surface area contributed by atoms with Gasteiger partial charge in [-0.15, -0.1) is 10.6 Å². The number of hydrogen-bond acceptors (Lipinski definition) is 4. The minimum Gasteiger partial charge on any atom is -0.439 e. The first-order valence-electron chi connectivity index (χ1n) is 4.79. The molecule has 0 unspecified atom stereocenters. The van der Waals surface area contributed by atoms with Crippen LogP contribution in [-0.2, 0) is 19.6 Å². The summed E-state index contributed by atoms with van der Waals surface area (Å²) in [5, 5.41) is 1.82. The van der Waals surface area contributed by atoms with Crippen LogP contribution < -0.4 is 0 Å². The summed E-state index contributed by atoms with van der Waals surface area (Å²) >= 11 is 1.35. The van der Waals surface area contributed by atoms with Crippen LogP contribution in [0.5, 0.6) is 0 Å². The van der Waals surface area contributed by atoms with Crippen LogP contribution in [0.1, 0.15) is 26.7 Å². The summed E-state index contributed by atoms with van der Waals surface area (Å²) in [7, 11) is -1.50. The van der Waals surface area contributed by atoms with E-state index in [9.17, 15) is 9.00 Å². The van der Waals surface area contributed by atoms with Crippen molar-refractivity contribution in [2.75, 3.05) is 0 Å². The van der Waals surface area contributed by atoms with Crippen LogP contribution in [-0.4, -0.2) is 5.91 Å². The lowest BCUT2D eigenvalue weighted by molar-refractivity contribution is -0.117. The summed E-state index contributed by atoms with van der Waals surface area (Å²) in [5.74, 6) is 0.203. The van der Waals surface area contributed by atoms with Crippen molar-refractivity contribution >= 4 is 27.8 Å². The summed E-state index contributed by atoms with van der Waals surface area (Å²) in [6.07, 6.45) is 1.18. The van der Waals surface area contributed by atoms with Gasteiger partial charge in [-0.05, 0) is 21.9 Å². The lowest BCUT2D eigenvalue weighted by Gasteiger charge is -2.03. The molecule has 0 atom stereocenters. The van der Waals surface area contributed by atoms with Crippen LogP contribution in [0, 0.1) is 5.92 Å². The van der Waals surface area contributed by atoms with E-state index in [-0.39, 0.29) is 5.91 Å². The van der Waals surface area contributed by atoms with E-state index in [1.807, 2.05) is 19.2 Å². The summed E-state index contributed by atoms with van der Waals surface area (Å²) in [4.78, 5) is 11.3. The topological polar surface area (TPSA) is 46.5 Å². The van der Waals surface area contributed by atoms with Gasteiger partial charge in [0.15, 0.2) is 0 Å². The molecule has 0 aliphatic rings. The van der Waals surface area contributed by atoms with Gasteiger partial charge in [-0.3, -0.25) is 4.79 Å². The number of carbonyl (C=O) groups is 1. The van der Waals surface area contributed by atoms with Gasteiger partial charge in [-0.2, -0.15) is 11.3 Å².